The number of aromatic nitrogens is 2. The molecule has 1 fully saturated rings. The molecule has 7 heteroatoms. The summed E-state index contributed by atoms with van der Waals surface area (Å²) in [6.45, 7) is 5.15. The fourth-order valence-corrected chi connectivity index (χ4v) is 4.11. The van der Waals surface area contributed by atoms with Gasteiger partial charge < -0.3 is 5.11 Å². The molecule has 1 N–H and O–H groups in total. The molecular weight excluding hydrogens is 340 g/mol. The molecule has 1 aliphatic heterocycles. The highest BCUT2D eigenvalue weighted by molar-refractivity contribution is 7.98. The molecule has 0 radical (unpaired) electrons. The molecule has 0 saturated carbocycles. The van der Waals surface area contributed by atoms with Gasteiger partial charge in [0.25, 0.3) is 0 Å². The molecule has 1 atom stereocenters. The molecule has 0 aliphatic carbocycles. The first-order valence-corrected chi connectivity index (χ1v) is 10.4. The standard InChI is InChI=1S/C17H24N4OS2/c1-23-17-18-8-15(9-19-17)10-20-4-5-21(16(12-20)2-6-22)11-14-3-7-24-13-14/h3,7-9,13,16,22H,2,4-6,10-12H2,1H3/t16-/m1/s1. The lowest BCUT2D eigenvalue weighted by Gasteiger charge is -2.41. The van der Waals surface area contributed by atoms with Crippen LogP contribution in [0.4, 0.5) is 0 Å². The van der Waals surface area contributed by atoms with Crippen molar-refractivity contribution in [1.29, 1.82) is 0 Å². The topological polar surface area (TPSA) is 52.5 Å². The second-order valence-corrected chi connectivity index (χ2v) is 7.63. The van der Waals surface area contributed by atoms with Gasteiger partial charge in [-0.3, -0.25) is 9.80 Å². The summed E-state index contributed by atoms with van der Waals surface area (Å²) < 4.78 is 0. The zero-order chi connectivity index (χ0) is 16.8. The summed E-state index contributed by atoms with van der Waals surface area (Å²) in [6.07, 6.45) is 6.67. The van der Waals surface area contributed by atoms with Crippen LogP contribution in [0.25, 0.3) is 0 Å². The van der Waals surface area contributed by atoms with E-state index in [-0.39, 0.29) is 6.61 Å². The van der Waals surface area contributed by atoms with Crippen LogP contribution in [-0.2, 0) is 13.1 Å². The van der Waals surface area contributed by atoms with Crippen molar-refractivity contribution >= 4 is 23.1 Å². The quantitative estimate of drug-likeness (QED) is 0.601. The molecule has 0 aromatic carbocycles. The second-order valence-electron chi connectivity index (χ2n) is 6.08. The number of nitrogens with zero attached hydrogens (tertiary/aromatic N) is 4. The summed E-state index contributed by atoms with van der Waals surface area (Å²) >= 11 is 3.31. The summed E-state index contributed by atoms with van der Waals surface area (Å²) in [4.78, 5) is 13.7. The molecular formula is C17H24N4OS2. The molecule has 130 valence electrons. The zero-order valence-electron chi connectivity index (χ0n) is 14.0. The molecule has 2 aromatic rings. The van der Waals surface area contributed by atoms with Crippen LogP contribution in [0, 0.1) is 0 Å². The van der Waals surface area contributed by atoms with Gasteiger partial charge in [0.05, 0.1) is 0 Å². The first kappa shape index (κ1) is 17.8. The number of hydrogen-bond acceptors (Lipinski definition) is 7. The highest BCUT2D eigenvalue weighted by Crippen LogP contribution is 2.19. The predicted octanol–water partition coefficient (Wildman–Crippen LogP) is 2.33. The predicted molar refractivity (Wildman–Crippen MR) is 99.3 cm³/mol. The Morgan fingerprint density at radius 1 is 1.25 bits per heavy atom. The van der Waals surface area contributed by atoms with Gasteiger partial charge in [-0.15, -0.1) is 0 Å². The van der Waals surface area contributed by atoms with Gasteiger partial charge >= 0.3 is 0 Å². The average Bonchev–Trinajstić information content (AvgIpc) is 3.11. The largest absolute Gasteiger partial charge is 0.396 e. The van der Waals surface area contributed by atoms with E-state index in [1.165, 1.54) is 5.56 Å². The minimum atomic E-state index is 0.240. The Morgan fingerprint density at radius 3 is 2.75 bits per heavy atom. The van der Waals surface area contributed by atoms with Gasteiger partial charge in [-0.25, -0.2) is 9.97 Å². The van der Waals surface area contributed by atoms with E-state index in [4.69, 9.17) is 0 Å². The molecule has 0 spiro atoms. The molecule has 5 nitrogen and oxygen atoms in total. The zero-order valence-corrected chi connectivity index (χ0v) is 15.6. The number of rotatable bonds is 7. The third kappa shape index (κ3) is 4.77. The van der Waals surface area contributed by atoms with E-state index in [1.54, 1.807) is 23.1 Å². The van der Waals surface area contributed by atoms with Crippen molar-refractivity contribution in [3.05, 3.63) is 40.3 Å². The number of aliphatic hydroxyl groups is 1. The van der Waals surface area contributed by atoms with Crippen molar-refractivity contribution in [3.8, 4) is 0 Å². The van der Waals surface area contributed by atoms with Crippen LogP contribution >= 0.6 is 23.1 Å². The Labute approximate surface area is 151 Å². The smallest absolute Gasteiger partial charge is 0.187 e. The third-order valence-corrected chi connectivity index (χ3v) is 5.70. The summed E-state index contributed by atoms with van der Waals surface area (Å²) in [5.41, 5.74) is 2.53. The van der Waals surface area contributed by atoms with Crippen molar-refractivity contribution in [2.45, 2.75) is 30.7 Å². The fraction of sp³-hybridized carbons (Fsp3) is 0.529. The maximum Gasteiger partial charge on any atom is 0.187 e. The summed E-state index contributed by atoms with van der Waals surface area (Å²) in [7, 11) is 0. The molecule has 0 amide bonds. The van der Waals surface area contributed by atoms with Crippen LogP contribution in [0.2, 0.25) is 0 Å². The first-order chi connectivity index (χ1) is 11.8. The van der Waals surface area contributed by atoms with Crippen LogP contribution in [0.1, 0.15) is 17.5 Å². The minimum Gasteiger partial charge on any atom is -0.396 e. The number of thiophene rings is 1. The van der Waals surface area contributed by atoms with Gasteiger partial charge in [-0.05, 0) is 35.1 Å². The van der Waals surface area contributed by atoms with E-state index < -0.39 is 0 Å². The maximum atomic E-state index is 9.43. The van der Waals surface area contributed by atoms with Crippen molar-refractivity contribution in [3.63, 3.8) is 0 Å². The van der Waals surface area contributed by atoms with Crippen molar-refractivity contribution in [1.82, 2.24) is 19.8 Å². The van der Waals surface area contributed by atoms with Crippen molar-refractivity contribution < 1.29 is 5.11 Å². The van der Waals surface area contributed by atoms with Gasteiger partial charge in [0.1, 0.15) is 0 Å². The molecule has 1 saturated heterocycles. The molecule has 24 heavy (non-hydrogen) atoms. The molecule has 0 bridgehead atoms. The van der Waals surface area contributed by atoms with Crippen LogP contribution in [0.15, 0.2) is 34.4 Å². The normalized spacial score (nSPS) is 19.7. The Bertz CT molecular complexity index is 606. The van der Waals surface area contributed by atoms with Crippen LogP contribution in [0.3, 0.4) is 0 Å². The molecule has 3 heterocycles. The number of thioether (sulfide) groups is 1. The maximum absolute atomic E-state index is 9.43. The van der Waals surface area contributed by atoms with Gasteiger partial charge in [-0.2, -0.15) is 11.3 Å². The van der Waals surface area contributed by atoms with E-state index in [0.717, 1.165) is 49.9 Å². The van der Waals surface area contributed by atoms with Crippen molar-refractivity contribution in [2.24, 2.45) is 0 Å². The van der Waals surface area contributed by atoms with Crippen LogP contribution in [-0.4, -0.2) is 63.4 Å². The lowest BCUT2D eigenvalue weighted by molar-refractivity contribution is 0.0499. The molecule has 1 aliphatic rings. The highest BCUT2D eigenvalue weighted by Gasteiger charge is 2.26. The summed E-state index contributed by atoms with van der Waals surface area (Å²) in [6, 6.07) is 2.59. The molecule has 3 rings (SSSR count). The van der Waals surface area contributed by atoms with Gasteiger partial charge in [0.15, 0.2) is 5.16 Å². The second kappa shape index (κ2) is 8.92. The average molecular weight is 365 g/mol. The monoisotopic (exact) mass is 364 g/mol. The van der Waals surface area contributed by atoms with Crippen LogP contribution < -0.4 is 0 Å². The van der Waals surface area contributed by atoms with E-state index in [2.05, 4.69) is 36.6 Å². The van der Waals surface area contributed by atoms with Gasteiger partial charge in [0, 0.05) is 63.3 Å². The van der Waals surface area contributed by atoms with Gasteiger partial charge in [0.2, 0.25) is 0 Å². The summed E-state index contributed by atoms with van der Waals surface area (Å²) in [5, 5.41) is 14.6. The van der Waals surface area contributed by atoms with Crippen LogP contribution in [0.5, 0.6) is 0 Å². The lowest BCUT2D eigenvalue weighted by atomic mass is 10.1. The van der Waals surface area contributed by atoms with Crippen molar-refractivity contribution in [2.75, 3.05) is 32.5 Å². The van der Waals surface area contributed by atoms with E-state index in [0.29, 0.717) is 6.04 Å². The Kier molecular flexibility index (Phi) is 6.62. The Morgan fingerprint density at radius 2 is 2.08 bits per heavy atom. The third-order valence-electron chi connectivity index (χ3n) is 4.39. The Balaban J connectivity index is 1.59. The fourth-order valence-electron chi connectivity index (χ4n) is 3.14. The number of hydrogen-bond donors (Lipinski definition) is 1. The lowest BCUT2D eigenvalue weighted by Crippen LogP contribution is -2.52. The number of piperazine rings is 1. The highest BCUT2D eigenvalue weighted by atomic mass is 32.2. The molecule has 0 unspecified atom stereocenters. The number of aliphatic hydroxyl groups excluding tert-OH is 1. The SMILES string of the molecule is CSc1ncc(CN2CCN(Cc3ccsc3)[C@H](CCO)C2)cn1. The van der Waals surface area contributed by atoms with E-state index in [1.807, 2.05) is 18.6 Å². The van der Waals surface area contributed by atoms with Gasteiger partial charge in [-0.1, -0.05) is 11.8 Å². The Hall–Kier alpha value is -0.990. The first-order valence-electron chi connectivity index (χ1n) is 8.21. The molecule has 2 aromatic heterocycles. The van der Waals surface area contributed by atoms with E-state index >= 15 is 0 Å². The minimum absolute atomic E-state index is 0.240. The van der Waals surface area contributed by atoms with E-state index in [9.17, 15) is 5.11 Å². The summed E-state index contributed by atoms with van der Waals surface area (Å²) in [5.74, 6) is 0.